The molecule has 0 radical (unpaired) electrons. The van der Waals surface area contributed by atoms with Gasteiger partial charge in [-0.15, -0.1) is 0 Å². The minimum absolute atomic E-state index is 0.0251. The topological polar surface area (TPSA) is 118 Å². The number of hydrogen-bond donors (Lipinski definition) is 2. The molecule has 1 aromatic carbocycles. The van der Waals surface area contributed by atoms with Gasteiger partial charge in [0.05, 0.1) is 17.6 Å². The second-order valence-electron chi connectivity index (χ2n) is 6.90. The van der Waals surface area contributed by atoms with E-state index >= 15 is 0 Å². The molecular weight excluding hydrogens is 459 g/mol. The number of nitrogens with one attached hydrogen (secondary N) is 2. The van der Waals surface area contributed by atoms with Crippen molar-refractivity contribution < 1.29 is 17.6 Å². The summed E-state index contributed by atoms with van der Waals surface area (Å²) in [4.78, 5) is 20.1. The van der Waals surface area contributed by atoms with Crippen LogP contribution in [0.5, 0.6) is 0 Å². The van der Waals surface area contributed by atoms with Crippen LogP contribution in [0, 0.1) is 5.82 Å². The molecule has 4 aromatic rings. The maximum absolute atomic E-state index is 14.6. The number of sulfonamides is 1. The van der Waals surface area contributed by atoms with Gasteiger partial charge in [0, 0.05) is 24.2 Å². The zero-order valence-corrected chi connectivity index (χ0v) is 18.4. The predicted octanol–water partition coefficient (Wildman–Crippen LogP) is 3.58. The van der Waals surface area contributed by atoms with Gasteiger partial charge in [0.15, 0.2) is 16.6 Å². The number of aromatic nitrogens is 4. The maximum atomic E-state index is 14.6. The smallest absolute Gasteiger partial charge is 0.229 e. The monoisotopic (exact) mass is 474 g/mol. The molecule has 0 aliphatic carbocycles. The second kappa shape index (κ2) is 8.17. The predicted molar refractivity (Wildman–Crippen MR) is 119 cm³/mol. The number of pyridine rings is 1. The third-order valence-electron chi connectivity index (χ3n) is 4.33. The average Bonchev–Trinajstić information content (AvgIpc) is 3.05. The molecule has 0 aliphatic heterocycles. The van der Waals surface area contributed by atoms with Gasteiger partial charge < -0.3 is 5.32 Å². The van der Waals surface area contributed by atoms with Gasteiger partial charge in [-0.3, -0.25) is 9.52 Å². The first-order chi connectivity index (χ1) is 15.1. The van der Waals surface area contributed by atoms with E-state index in [1.807, 2.05) is 0 Å². The highest BCUT2D eigenvalue weighted by Crippen LogP contribution is 2.32. The van der Waals surface area contributed by atoms with E-state index in [-0.39, 0.29) is 33.8 Å². The number of carbonyl (C=O) groups excluding carboxylic acids is 1. The van der Waals surface area contributed by atoms with Crippen molar-refractivity contribution in [1.29, 1.82) is 0 Å². The number of hydrogen-bond acceptors (Lipinski definition) is 6. The van der Waals surface area contributed by atoms with Crippen molar-refractivity contribution in [2.24, 2.45) is 0 Å². The zero-order valence-electron chi connectivity index (χ0n) is 16.8. The molecule has 0 atom stereocenters. The molecule has 0 aliphatic rings. The normalized spacial score (nSPS) is 11.5. The van der Waals surface area contributed by atoms with Crippen LogP contribution in [0.3, 0.4) is 0 Å². The number of halogens is 2. The largest absolute Gasteiger partial charge is 0.309 e. The summed E-state index contributed by atoms with van der Waals surface area (Å²) in [7, 11) is -3.58. The number of fused-ring (bicyclic) bond motifs is 1. The van der Waals surface area contributed by atoms with Crippen molar-refractivity contribution in [2.45, 2.75) is 6.92 Å². The molecule has 2 N–H and O–H groups in total. The Morgan fingerprint density at radius 1 is 1.19 bits per heavy atom. The zero-order chi connectivity index (χ0) is 23.0. The van der Waals surface area contributed by atoms with Gasteiger partial charge in [0.1, 0.15) is 11.5 Å². The van der Waals surface area contributed by atoms with Crippen molar-refractivity contribution in [3.05, 3.63) is 59.6 Å². The van der Waals surface area contributed by atoms with Crippen LogP contribution in [0.4, 0.5) is 15.9 Å². The van der Waals surface area contributed by atoms with Crippen LogP contribution in [0.2, 0.25) is 5.15 Å². The molecule has 0 saturated carbocycles. The third-order valence-corrected chi connectivity index (χ3v) is 5.22. The number of carbonyl (C=O) groups is 1. The highest BCUT2D eigenvalue weighted by molar-refractivity contribution is 7.92. The molecule has 32 heavy (non-hydrogen) atoms. The van der Waals surface area contributed by atoms with Gasteiger partial charge in [-0.05, 0) is 30.3 Å². The molecule has 12 heteroatoms. The SMILES string of the molecule is CC(=O)Nc1nc2ccc(-c3cnc(Cl)c(NS(C)(=O)=O)c3)nn2c1-c1ccccc1F. The number of amides is 1. The van der Waals surface area contributed by atoms with E-state index < -0.39 is 15.8 Å². The van der Waals surface area contributed by atoms with Crippen LogP contribution < -0.4 is 10.0 Å². The van der Waals surface area contributed by atoms with Gasteiger partial charge in [-0.25, -0.2) is 27.3 Å². The first-order valence-corrected chi connectivity index (χ1v) is 11.5. The summed E-state index contributed by atoms with van der Waals surface area (Å²) in [5.74, 6) is -0.730. The molecule has 1 amide bonds. The van der Waals surface area contributed by atoms with E-state index in [1.165, 1.54) is 29.8 Å². The summed E-state index contributed by atoms with van der Waals surface area (Å²) in [6, 6.07) is 10.8. The first kappa shape index (κ1) is 21.7. The highest BCUT2D eigenvalue weighted by atomic mass is 35.5. The maximum Gasteiger partial charge on any atom is 0.229 e. The van der Waals surface area contributed by atoms with Gasteiger partial charge in [-0.2, -0.15) is 5.10 Å². The molecule has 0 spiro atoms. The number of rotatable bonds is 5. The lowest BCUT2D eigenvalue weighted by Crippen LogP contribution is -2.10. The Bertz CT molecular complexity index is 1470. The average molecular weight is 475 g/mol. The summed E-state index contributed by atoms with van der Waals surface area (Å²) >= 11 is 6.00. The summed E-state index contributed by atoms with van der Waals surface area (Å²) in [6.45, 7) is 1.32. The number of benzene rings is 1. The molecule has 3 heterocycles. The lowest BCUT2D eigenvalue weighted by Gasteiger charge is -2.09. The minimum atomic E-state index is -3.58. The van der Waals surface area contributed by atoms with Crippen molar-refractivity contribution >= 4 is 44.7 Å². The van der Waals surface area contributed by atoms with E-state index in [0.717, 1.165) is 6.26 Å². The quantitative estimate of drug-likeness (QED) is 0.427. The highest BCUT2D eigenvalue weighted by Gasteiger charge is 2.20. The molecule has 9 nitrogen and oxygen atoms in total. The molecule has 3 aromatic heterocycles. The van der Waals surface area contributed by atoms with Crippen molar-refractivity contribution in [3.8, 4) is 22.5 Å². The van der Waals surface area contributed by atoms with Gasteiger partial charge >= 0.3 is 0 Å². The number of anilines is 2. The molecular formula is C20H16ClFN6O3S. The molecule has 0 bridgehead atoms. The summed E-state index contributed by atoms with van der Waals surface area (Å²) in [5.41, 5.74) is 1.76. The first-order valence-electron chi connectivity index (χ1n) is 9.18. The van der Waals surface area contributed by atoms with Crippen LogP contribution in [-0.4, -0.2) is 40.2 Å². The van der Waals surface area contributed by atoms with E-state index in [1.54, 1.807) is 30.3 Å². The summed E-state index contributed by atoms with van der Waals surface area (Å²) in [6.07, 6.45) is 2.43. The van der Waals surface area contributed by atoms with Crippen LogP contribution in [0.25, 0.3) is 28.2 Å². The lowest BCUT2D eigenvalue weighted by atomic mass is 10.1. The molecule has 4 rings (SSSR count). The Hall–Kier alpha value is -3.57. The Morgan fingerprint density at radius 2 is 1.94 bits per heavy atom. The molecule has 0 fully saturated rings. The lowest BCUT2D eigenvalue weighted by molar-refractivity contribution is -0.114. The van der Waals surface area contributed by atoms with Crippen molar-refractivity contribution in [1.82, 2.24) is 19.6 Å². The Balaban J connectivity index is 1.91. The van der Waals surface area contributed by atoms with Crippen molar-refractivity contribution in [2.75, 3.05) is 16.3 Å². The molecule has 164 valence electrons. The van der Waals surface area contributed by atoms with Crippen LogP contribution >= 0.6 is 11.6 Å². The summed E-state index contributed by atoms with van der Waals surface area (Å²) in [5, 5.41) is 7.11. The van der Waals surface area contributed by atoms with E-state index in [0.29, 0.717) is 16.9 Å². The Kier molecular flexibility index (Phi) is 5.53. The van der Waals surface area contributed by atoms with Crippen LogP contribution in [0.15, 0.2) is 48.7 Å². The van der Waals surface area contributed by atoms with Crippen LogP contribution in [-0.2, 0) is 14.8 Å². The second-order valence-corrected chi connectivity index (χ2v) is 9.00. The fourth-order valence-electron chi connectivity index (χ4n) is 3.10. The number of imidazole rings is 1. The van der Waals surface area contributed by atoms with Crippen molar-refractivity contribution in [3.63, 3.8) is 0 Å². The van der Waals surface area contributed by atoms with E-state index in [2.05, 4.69) is 25.1 Å². The summed E-state index contributed by atoms with van der Waals surface area (Å²) < 4.78 is 41.5. The molecule has 0 unspecified atom stereocenters. The standard InChI is InChI=1S/C20H16ClFN6O3S/c1-11(29)24-20-18(13-5-3-4-6-14(13)22)28-17(25-20)8-7-15(26-28)12-9-16(19(21)23-10-12)27-32(2,30)31/h3-10,27H,1-2H3,(H,24,29). The van der Waals surface area contributed by atoms with E-state index in [9.17, 15) is 17.6 Å². The van der Waals surface area contributed by atoms with Gasteiger partial charge in [-0.1, -0.05) is 23.7 Å². The minimum Gasteiger partial charge on any atom is -0.309 e. The number of nitrogens with zero attached hydrogens (tertiary/aromatic N) is 4. The van der Waals surface area contributed by atoms with Gasteiger partial charge in [0.25, 0.3) is 0 Å². The van der Waals surface area contributed by atoms with Crippen LogP contribution in [0.1, 0.15) is 6.92 Å². The third kappa shape index (κ3) is 4.39. The van der Waals surface area contributed by atoms with Gasteiger partial charge in [0.2, 0.25) is 15.9 Å². The fourth-order valence-corrected chi connectivity index (χ4v) is 3.86. The fraction of sp³-hybridized carbons (Fsp3) is 0.100. The Labute approximate surface area is 187 Å². The molecule has 0 saturated heterocycles. The Morgan fingerprint density at radius 3 is 2.62 bits per heavy atom. The van der Waals surface area contributed by atoms with E-state index in [4.69, 9.17) is 11.6 Å².